The lowest BCUT2D eigenvalue weighted by molar-refractivity contribution is -0.129. The number of hydrogen-bond donors (Lipinski definition) is 0. The van der Waals surface area contributed by atoms with E-state index in [0.717, 1.165) is 42.7 Å². The van der Waals surface area contributed by atoms with Crippen molar-refractivity contribution in [3.05, 3.63) is 59.8 Å². The van der Waals surface area contributed by atoms with E-state index in [9.17, 15) is 14.4 Å². The third-order valence-electron chi connectivity index (χ3n) is 6.44. The van der Waals surface area contributed by atoms with Crippen LogP contribution in [0.15, 0.2) is 42.9 Å². The van der Waals surface area contributed by atoms with Gasteiger partial charge in [0.05, 0.1) is 29.9 Å². The number of carbonyl (C=O) groups excluding carboxylic acids is 3. The monoisotopic (exact) mass is 489 g/mol. The maximum atomic E-state index is 13.3. The number of fused-ring (bicyclic) bond motifs is 2. The molecular formula is C27H31N5O4. The summed E-state index contributed by atoms with van der Waals surface area (Å²) in [5.41, 5.74) is 3.38. The van der Waals surface area contributed by atoms with E-state index in [4.69, 9.17) is 4.74 Å². The molecule has 0 bridgehead atoms. The predicted molar refractivity (Wildman–Crippen MR) is 137 cm³/mol. The highest BCUT2D eigenvalue weighted by atomic mass is 16.5. The van der Waals surface area contributed by atoms with Gasteiger partial charge >= 0.3 is 5.97 Å². The van der Waals surface area contributed by atoms with Crippen LogP contribution >= 0.6 is 0 Å². The van der Waals surface area contributed by atoms with Gasteiger partial charge < -0.3 is 18.8 Å². The van der Waals surface area contributed by atoms with Gasteiger partial charge in [0.25, 0.3) is 0 Å². The van der Waals surface area contributed by atoms with Gasteiger partial charge in [0.1, 0.15) is 17.9 Å². The summed E-state index contributed by atoms with van der Waals surface area (Å²) in [4.78, 5) is 48.3. The number of esters is 1. The maximum Gasteiger partial charge on any atom is 0.338 e. The molecule has 0 radical (unpaired) electrons. The van der Waals surface area contributed by atoms with Crippen molar-refractivity contribution in [3.63, 3.8) is 0 Å². The van der Waals surface area contributed by atoms with E-state index >= 15 is 0 Å². The van der Waals surface area contributed by atoms with E-state index < -0.39 is 5.97 Å². The van der Waals surface area contributed by atoms with Crippen molar-refractivity contribution in [2.24, 2.45) is 0 Å². The first-order valence-corrected chi connectivity index (χ1v) is 12.0. The Morgan fingerprint density at radius 1 is 1.03 bits per heavy atom. The van der Waals surface area contributed by atoms with Crippen LogP contribution in [0.2, 0.25) is 0 Å². The second kappa shape index (κ2) is 10.7. The molecule has 0 aliphatic rings. The van der Waals surface area contributed by atoms with E-state index in [1.165, 1.54) is 12.0 Å². The molecule has 4 rings (SSSR count). The number of ketones is 1. The van der Waals surface area contributed by atoms with Crippen LogP contribution < -0.4 is 0 Å². The summed E-state index contributed by atoms with van der Waals surface area (Å²) in [6, 6.07) is 7.16. The smallest absolute Gasteiger partial charge is 0.338 e. The van der Waals surface area contributed by atoms with Crippen molar-refractivity contribution in [1.82, 2.24) is 24.0 Å². The lowest BCUT2D eigenvalue weighted by Crippen LogP contribution is -2.25. The van der Waals surface area contributed by atoms with Crippen molar-refractivity contribution in [3.8, 4) is 0 Å². The Balaban J connectivity index is 1.48. The maximum absolute atomic E-state index is 13.3. The van der Waals surface area contributed by atoms with Crippen molar-refractivity contribution in [1.29, 1.82) is 0 Å². The van der Waals surface area contributed by atoms with Crippen molar-refractivity contribution in [2.75, 3.05) is 21.2 Å². The number of aryl methyl sites for hydroxylation is 2. The van der Waals surface area contributed by atoms with Gasteiger partial charge in [-0.15, -0.1) is 0 Å². The Morgan fingerprint density at radius 2 is 1.83 bits per heavy atom. The Hall–Kier alpha value is -4.01. The molecule has 188 valence electrons. The summed E-state index contributed by atoms with van der Waals surface area (Å²) < 4.78 is 8.86. The zero-order valence-electron chi connectivity index (χ0n) is 21.2. The summed E-state index contributed by atoms with van der Waals surface area (Å²) in [5, 5.41) is 0.537. The Labute approximate surface area is 209 Å². The van der Waals surface area contributed by atoms with Crippen molar-refractivity contribution < 1.29 is 19.1 Å². The predicted octanol–water partition coefficient (Wildman–Crippen LogP) is 4.01. The first-order valence-electron chi connectivity index (χ1n) is 12.0. The molecule has 0 N–H and O–H groups in total. The van der Waals surface area contributed by atoms with Crippen LogP contribution in [-0.2, 0) is 22.6 Å². The quantitative estimate of drug-likeness (QED) is 0.190. The molecule has 1 amide bonds. The molecule has 9 nitrogen and oxygen atoms in total. The van der Waals surface area contributed by atoms with Crippen LogP contribution in [0, 0.1) is 6.92 Å². The summed E-state index contributed by atoms with van der Waals surface area (Å²) >= 11 is 0. The zero-order valence-corrected chi connectivity index (χ0v) is 21.2. The van der Waals surface area contributed by atoms with Crippen LogP contribution in [0.25, 0.3) is 21.9 Å². The Bertz CT molecular complexity index is 1430. The largest absolute Gasteiger partial charge is 0.465 e. The zero-order chi connectivity index (χ0) is 25.8. The standard InChI is InChI=1S/C27H31N5O4/c1-18-29-21-15-28-13-12-22(21)32(18)14-7-5-6-11-24(33)20-16-31(17-25(34)30(2)3)23-10-8-9-19(26(20)23)27(35)36-4/h8-10,12-13,15-16H,5-7,11,14,17H2,1-4H3. The molecule has 0 saturated heterocycles. The van der Waals surface area contributed by atoms with Crippen LogP contribution in [0.5, 0.6) is 0 Å². The topological polar surface area (TPSA) is 99.3 Å². The number of nitrogens with zero attached hydrogens (tertiary/aromatic N) is 5. The van der Waals surface area contributed by atoms with Crippen LogP contribution in [-0.4, -0.2) is 62.9 Å². The number of likely N-dealkylation sites (N-methyl/N-ethyl adjacent to an activating group) is 1. The molecule has 3 aromatic heterocycles. The number of unbranched alkanes of at least 4 members (excludes halogenated alkanes) is 2. The molecule has 3 heterocycles. The number of Topliss-reactive ketones (excluding diaryl/α,β-unsaturated/α-hetero) is 1. The fourth-order valence-electron chi connectivity index (χ4n) is 4.51. The van der Waals surface area contributed by atoms with Crippen molar-refractivity contribution >= 4 is 39.6 Å². The summed E-state index contributed by atoms with van der Waals surface area (Å²) in [6.45, 7) is 2.88. The molecule has 36 heavy (non-hydrogen) atoms. The van der Waals surface area contributed by atoms with E-state index in [0.29, 0.717) is 28.5 Å². The molecule has 0 fully saturated rings. The van der Waals surface area contributed by atoms with E-state index in [-0.39, 0.29) is 18.2 Å². The number of benzene rings is 1. The van der Waals surface area contributed by atoms with Gasteiger partial charge in [0.2, 0.25) is 5.91 Å². The van der Waals surface area contributed by atoms with Gasteiger partial charge in [0.15, 0.2) is 5.78 Å². The first kappa shape index (κ1) is 25.1. The molecule has 0 spiro atoms. The highest BCUT2D eigenvalue weighted by molar-refractivity contribution is 6.15. The van der Waals surface area contributed by atoms with Crippen LogP contribution in [0.4, 0.5) is 0 Å². The molecule has 0 unspecified atom stereocenters. The molecular weight excluding hydrogens is 458 g/mol. The van der Waals surface area contributed by atoms with E-state index in [1.54, 1.807) is 49.4 Å². The highest BCUT2D eigenvalue weighted by Gasteiger charge is 2.22. The van der Waals surface area contributed by atoms with Gasteiger partial charge in [-0.05, 0) is 38.0 Å². The molecule has 0 aliphatic carbocycles. The van der Waals surface area contributed by atoms with E-state index in [2.05, 4.69) is 14.5 Å². The second-order valence-corrected chi connectivity index (χ2v) is 9.06. The Kier molecular flexibility index (Phi) is 7.47. The lowest BCUT2D eigenvalue weighted by atomic mass is 10.0. The first-order chi connectivity index (χ1) is 17.3. The number of imidazole rings is 1. The average Bonchev–Trinajstić information content (AvgIpc) is 3.40. The fourth-order valence-corrected chi connectivity index (χ4v) is 4.51. The minimum absolute atomic E-state index is 0.0530. The Morgan fingerprint density at radius 3 is 2.58 bits per heavy atom. The molecule has 0 atom stereocenters. The van der Waals surface area contributed by atoms with Gasteiger partial charge in [-0.3, -0.25) is 14.6 Å². The van der Waals surface area contributed by atoms with Gasteiger partial charge in [-0.2, -0.15) is 0 Å². The number of methoxy groups -OCH3 is 1. The van der Waals surface area contributed by atoms with Crippen molar-refractivity contribution in [2.45, 2.75) is 45.7 Å². The van der Waals surface area contributed by atoms with E-state index in [1.807, 2.05) is 19.1 Å². The fraction of sp³-hybridized carbons (Fsp3) is 0.370. The van der Waals surface area contributed by atoms with Gasteiger partial charge in [0, 0.05) is 50.4 Å². The summed E-state index contributed by atoms with van der Waals surface area (Å²) in [5.74, 6) is 0.282. The summed E-state index contributed by atoms with van der Waals surface area (Å²) in [6.07, 6.45) is 8.08. The normalized spacial score (nSPS) is 11.2. The second-order valence-electron chi connectivity index (χ2n) is 9.06. The molecule has 9 heteroatoms. The van der Waals surface area contributed by atoms with Crippen LogP contribution in [0.1, 0.15) is 52.2 Å². The third-order valence-corrected chi connectivity index (χ3v) is 6.44. The number of amides is 1. The number of ether oxygens (including phenoxy) is 1. The average molecular weight is 490 g/mol. The SMILES string of the molecule is COC(=O)c1cccc2c1c(C(=O)CCCCCn1c(C)nc3cnccc31)cn2CC(=O)N(C)C. The molecule has 0 aliphatic heterocycles. The molecule has 0 saturated carbocycles. The number of rotatable bonds is 10. The van der Waals surface area contributed by atoms with Crippen LogP contribution in [0.3, 0.4) is 0 Å². The number of pyridine rings is 1. The van der Waals surface area contributed by atoms with Gasteiger partial charge in [-0.25, -0.2) is 9.78 Å². The summed E-state index contributed by atoms with van der Waals surface area (Å²) in [7, 11) is 4.69. The highest BCUT2D eigenvalue weighted by Crippen LogP contribution is 2.28. The molecule has 1 aromatic carbocycles. The number of hydrogen-bond acceptors (Lipinski definition) is 6. The lowest BCUT2D eigenvalue weighted by Gasteiger charge is -2.11. The molecule has 4 aromatic rings. The number of carbonyl (C=O) groups is 3. The van der Waals surface area contributed by atoms with Gasteiger partial charge in [-0.1, -0.05) is 12.5 Å². The minimum atomic E-state index is -0.510. The minimum Gasteiger partial charge on any atom is -0.465 e. The third kappa shape index (κ3) is 5.00. The number of aromatic nitrogens is 4.